The quantitative estimate of drug-likeness (QED) is 0.883. The monoisotopic (exact) mass is 289 g/mol. The summed E-state index contributed by atoms with van der Waals surface area (Å²) in [5.74, 6) is -2.21. The SMILES string of the molecule is NC(=O)c1cc(F)ccc1OCc1ccc(C(=O)O)cc1. The van der Waals surface area contributed by atoms with E-state index in [2.05, 4.69) is 0 Å². The van der Waals surface area contributed by atoms with Crippen molar-refractivity contribution in [3.05, 3.63) is 65.0 Å². The summed E-state index contributed by atoms with van der Waals surface area (Å²) in [4.78, 5) is 21.9. The van der Waals surface area contributed by atoms with Crippen LogP contribution in [0.25, 0.3) is 0 Å². The summed E-state index contributed by atoms with van der Waals surface area (Å²) in [6.45, 7) is 0.103. The molecule has 21 heavy (non-hydrogen) atoms. The molecular formula is C15H12FNO4. The Balaban J connectivity index is 2.13. The van der Waals surface area contributed by atoms with Crippen molar-refractivity contribution in [3.8, 4) is 5.75 Å². The van der Waals surface area contributed by atoms with E-state index in [-0.39, 0.29) is 23.5 Å². The zero-order valence-electron chi connectivity index (χ0n) is 10.9. The number of nitrogens with two attached hydrogens (primary N) is 1. The van der Waals surface area contributed by atoms with Crippen LogP contribution in [-0.4, -0.2) is 17.0 Å². The first-order valence-electron chi connectivity index (χ1n) is 6.02. The van der Waals surface area contributed by atoms with Crippen molar-refractivity contribution in [1.82, 2.24) is 0 Å². The maximum atomic E-state index is 13.1. The lowest BCUT2D eigenvalue weighted by Gasteiger charge is -2.10. The second kappa shape index (κ2) is 6.04. The molecule has 2 aromatic rings. The van der Waals surface area contributed by atoms with E-state index in [9.17, 15) is 14.0 Å². The number of halogens is 1. The summed E-state index contributed by atoms with van der Waals surface area (Å²) in [5.41, 5.74) is 5.98. The maximum Gasteiger partial charge on any atom is 0.335 e. The van der Waals surface area contributed by atoms with Crippen LogP contribution in [0.3, 0.4) is 0 Å². The predicted molar refractivity (Wildman–Crippen MR) is 72.7 cm³/mol. The zero-order valence-corrected chi connectivity index (χ0v) is 10.9. The van der Waals surface area contributed by atoms with Crippen molar-refractivity contribution in [2.24, 2.45) is 5.73 Å². The van der Waals surface area contributed by atoms with Crippen LogP contribution in [0.15, 0.2) is 42.5 Å². The summed E-state index contributed by atoms with van der Waals surface area (Å²) in [6, 6.07) is 9.57. The summed E-state index contributed by atoms with van der Waals surface area (Å²) in [7, 11) is 0. The average molecular weight is 289 g/mol. The third-order valence-corrected chi connectivity index (χ3v) is 2.80. The van der Waals surface area contributed by atoms with Crippen molar-refractivity contribution in [1.29, 1.82) is 0 Å². The molecule has 0 saturated carbocycles. The van der Waals surface area contributed by atoms with Gasteiger partial charge in [0.25, 0.3) is 5.91 Å². The number of carbonyl (C=O) groups excluding carboxylic acids is 1. The highest BCUT2D eigenvalue weighted by Crippen LogP contribution is 2.20. The minimum Gasteiger partial charge on any atom is -0.488 e. The molecule has 3 N–H and O–H groups in total. The lowest BCUT2D eigenvalue weighted by atomic mass is 10.1. The molecule has 0 aliphatic heterocycles. The standard InChI is InChI=1S/C15H12FNO4/c16-11-5-6-13(12(7-11)14(17)18)21-8-9-1-3-10(4-2-9)15(19)20/h1-7H,8H2,(H2,17,18)(H,19,20). The third-order valence-electron chi connectivity index (χ3n) is 2.80. The van der Waals surface area contributed by atoms with Gasteiger partial charge in [-0.1, -0.05) is 12.1 Å². The Morgan fingerprint density at radius 2 is 1.81 bits per heavy atom. The number of aromatic carboxylic acids is 1. The molecule has 5 nitrogen and oxygen atoms in total. The van der Waals surface area contributed by atoms with Gasteiger partial charge in [0.1, 0.15) is 18.2 Å². The van der Waals surface area contributed by atoms with Crippen LogP contribution in [-0.2, 0) is 6.61 Å². The highest BCUT2D eigenvalue weighted by molar-refractivity contribution is 5.95. The molecule has 0 spiro atoms. The topological polar surface area (TPSA) is 89.6 Å². The Labute approximate surface area is 119 Å². The van der Waals surface area contributed by atoms with E-state index in [1.165, 1.54) is 18.2 Å². The van der Waals surface area contributed by atoms with E-state index in [0.29, 0.717) is 5.56 Å². The molecule has 0 atom stereocenters. The number of carbonyl (C=O) groups is 2. The molecule has 0 fully saturated rings. The van der Waals surface area contributed by atoms with E-state index in [0.717, 1.165) is 12.1 Å². The fraction of sp³-hybridized carbons (Fsp3) is 0.0667. The molecule has 1 amide bonds. The van der Waals surface area contributed by atoms with Gasteiger partial charge in [-0.05, 0) is 35.9 Å². The highest BCUT2D eigenvalue weighted by atomic mass is 19.1. The normalized spacial score (nSPS) is 10.1. The molecule has 108 valence electrons. The predicted octanol–water partition coefficient (Wildman–Crippen LogP) is 2.20. The summed E-state index contributed by atoms with van der Waals surface area (Å²) >= 11 is 0. The van der Waals surface area contributed by atoms with E-state index in [1.807, 2.05) is 0 Å². The van der Waals surface area contributed by atoms with Gasteiger partial charge in [-0.2, -0.15) is 0 Å². The number of benzene rings is 2. The Kier molecular flexibility index (Phi) is 4.18. The van der Waals surface area contributed by atoms with Crippen molar-refractivity contribution in [3.63, 3.8) is 0 Å². The molecular weight excluding hydrogens is 277 g/mol. The highest BCUT2D eigenvalue weighted by Gasteiger charge is 2.11. The number of ether oxygens (including phenoxy) is 1. The Morgan fingerprint density at radius 1 is 1.14 bits per heavy atom. The molecule has 2 aromatic carbocycles. The minimum atomic E-state index is -1.02. The molecule has 0 aromatic heterocycles. The first kappa shape index (κ1) is 14.5. The fourth-order valence-corrected chi connectivity index (χ4v) is 1.73. The molecule has 0 bridgehead atoms. The summed E-state index contributed by atoms with van der Waals surface area (Å²) < 4.78 is 18.5. The minimum absolute atomic E-state index is 0.0443. The molecule has 0 aliphatic rings. The first-order valence-corrected chi connectivity index (χ1v) is 6.02. The Hall–Kier alpha value is -2.89. The second-order valence-electron chi connectivity index (χ2n) is 4.30. The number of rotatable bonds is 5. The maximum absolute atomic E-state index is 13.1. The fourth-order valence-electron chi connectivity index (χ4n) is 1.73. The lowest BCUT2D eigenvalue weighted by molar-refractivity contribution is 0.0696. The van der Waals surface area contributed by atoms with Gasteiger partial charge in [-0.25, -0.2) is 9.18 Å². The van der Waals surface area contributed by atoms with Crippen molar-refractivity contribution >= 4 is 11.9 Å². The van der Waals surface area contributed by atoms with Gasteiger partial charge in [0.15, 0.2) is 0 Å². The number of amides is 1. The van der Waals surface area contributed by atoms with E-state index in [4.69, 9.17) is 15.6 Å². The van der Waals surface area contributed by atoms with Crippen LogP contribution >= 0.6 is 0 Å². The average Bonchev–Trinajstić information content (AvgIpc) is 2.46. The van der Waals surface area contributed by atoms with Gasteiger partial charge < -0.3 is 15.6 Å². The molecule has 0 radical (unpaired) electrons. The van der Waals surface area contributed by atoms with Crippen LogP contribution in [0.5, 0.6) is 5.75 Å². The molecule has 0 aliphatic carbocycles. The number of hydrogen-bond acceptors (Lipinski definition) is 3. The molecule has 0 unspecified atom stereocenters. The number of carboxylic acid groups (broad SMARTS) is 1. The first-order chi connectivity index (χ1) is 9.97. The smallest absolute Gasteiger partial charge is 0.335 e. The third kappa shape index (κ3) is 3.56. The molecule has 0 heterocycles. The molecule has 2 rings (SSSR count). The van der Waals surface area contributed by atoms with Crippen LogP contribution in [0.2, 0.25) is 0 Å². The second-order valence-corrected chi connectivity index (χ2v) is 4.30. The lowest BCUT2D eigenvalue weighted by Crippen LogP contribution is -2.13. The van der Waals surface area contributed by atoms with Gasteiger partial charge in [-0.3, -0.25) is 4.79 Å². The van der Waals surface area contributed by atoms with E-state index < -0.39 is 17.7 Å². The summed E-state index contributed by atoms with van der Waals surface area (Å²) in [5, 5.41) is 8.79. The van der Waals surface area contributed by atoms with Crippen LogP contribution in [0.4, 0.5) is 4.39 Å². The van der Waals surface area contributed by atoms with Crippen LogP contribution in [0.1, 0.15) is 26.3 Å². The van der Waals surface area contributed by atoms with Gasteiger partial charge >= 0.3 is 5.97 Å². The van der Waals surface area contributed by atoms with Crippen LogP contribution < -0.4 is 10.5 Å². The van der Waals surface area contributed by atoms with Crippen molar-refractivity contribution in [2.45, 2.75) is 6.61 Å². The van der Waals surface area contributed by atoms with Gasteiger partial charge in [0.2, 0.25) is 0 Å². The Bertz CT molecular complexity index is 683. The molecule has 6 heteroatoms. The molecule has 0 saturated heterocycles. The number of carboxylic acids is 1. The van der Waals surface area contributed by atoms with Gasteiger partial charge in [-0.15, -0.1) is 0 Å². The number of hydrogen-bond donors (Lipinski definition) is 2. The number of primary amides is 1. The van der Waals surface area contributed by atoms with E-state index >= 15 is 0 Å². The van der Waals surface area contributed by atoms with E-state index in [1.54, 1.807) is 12.1 Å². The van der Waals surface area contributed by atoms with Gasteiger partial charge in [0.05, 0.1) is 11.1 Å². The van der Waals surface area contributed by atoms with Crippen LogP contribution in [0, 0.1) is 5.82 Å². The van der Waals surface area contributed by atoms with Crippen molar-refractivity contribution < 1.29 is 23.8 Å². The van der Waals surface area contributed by atoms with Gasteiger partial charge in [0, 0.05) is 0 Å². The summed E-state index contributed by atoms with van der Waals surface area (Å²) in [6.07, 6.45) is 0. The Morgan fingerprint density at radius 3 is 2.38 bits per heavy atom. The largest absolute Gasteiger partial charge is 0.488 e. The zero-order chi connectivity index (χ0) is 15.4. The van der Waals surface area contributed by atoms with Crippen molar-refractivity contribution in [2.75, 3.05) is 0 Å².